The molecule has 24 heavy (non-hydrogen) atoms. The van der Waals surface area contributed by atoms with Gasteiger partial charge in [-0.3, -0.25) is 0 Å². The van der Waals surface area contributed by atoms with Crippen LogP contribution in [0.4, 0.5) is 13.2 Å². The van der Waals surface area contributed by atoms with Gasteiger partial charge in [0.1, 0.15) is 17.8 Å². The van der Waals surface area contributed by atoms with Crippen molar-refractivity contribution in [2.24, 2.45) is 0 Å². The second-order valence-corrected chi connectivity index (χ2v) is 6.10. The van der Waals surface area contributed by atoms with Crippen LogP contribution in [0.3, 0.4) is 0 Å². The van der Waals surface area contributed by atoms with E-state index in [0.717, 1.165) is 4.90 Å². The summed E-state index contributed by atoms with van der Waals surface area (Å²) in [7, 11) is 0. The Hall–Kier alpha value is -2.21. The summed E-state index contributed by atoms with van der Waals surface area (Å²) in [5.74, 6) is -1.44. The minimum atomic E-state index is -4.67. The molecule has 2 aromatic carbocycles. The predicted molar refractivity (Wildman–Crippen MR) is 87.1 cm³/mol. The number of fused-ring (bicyclic) bond motifs is 1. The maximum absolute atomic E-state index is 13.7. The van der Waals surface area contributed by atoms with E-state index in [2.05, 4.69) is 0 Å². The lowest BCUT2D eigenvalue weighted by Gasteiger charge is -2.29. The van der Waals surface area contributed by atoms with E-state index in [1.807, 2.05) is 6.26 Å². The molecule has 1 heterocycles. The van der Waals surface area contributed by atoms with Crippen molar-refractivity contribution < 1.29 is 22.7 Å². The second-order valence-electron chi connectivity index (χ2n) is 5.22. The highest BCUT2D eigenvalue weighted by molar-refractivity contribution is 7.98. The van der Waals surface area contributed by atoms with E-state index >= 15 is 0 Å². The number of thioether (sulfide) groups is 1. The summed E-state index contributed by atoms with van der Waals surface area (Å²) in [6, 6.07) is 12.9. The lowest BCUT2D eigenvalue weighted by atomic mass is 9.87. The van der Waals surface area contributed by atoms with Crippen LogP contribution in [0.25, 0.3) is 5.76 Å². The highest BCUT2D eigenvalue weighted by Crippen LogP contribution is 2.47. The van der Waals surface area contributed by atoms with Gasteiger partial charge in [0.15, 0.2) is 0 Å². The molecule has 1 atom stereocenters. The summed E-state index contributed by atoms with van der Waals surface area (Å²) in [6.45, 7) is 0. The lowest BCUT2D eigenvalue weighted by Crippen LogP contribution is -2.26. The smallest absolute Gasteiger partial charge is 0.417 e. The number of hydrogen-bond acceptors (Lipinski definition) is 3. The molecule has 6 heteroatoms. The Morgan fingerprint density at radius 1 is 1.08 bits per heavy atom. The highest BCUT2D eigenvalue weighted by atomic mass is 32.2. The first-order valence-corrected chi connectivity index (χ1v) is 8.36. The molecule has 0 bridgehead atoms. The topological polar surface area (TPSA) is 26.3 Å². The zero-order chi connectivity index (χ0) is 17.3. The van der Waals surface area contributed by atoms with Crippen molar-refractivity contribution in [1.82, 2.24) is 0 Å². The van der Waals surface area contributed by atoms with Crippen molar-refractivity contribution in [3.63, 3.8) is 0 Å². The van der Waals surface area contributed by atoms with Crippen LogP contribution in [-0.2, 0) is 4.79 Å². The largest absolute Gasteiger partial charge is 0.456 e. The van der Waals surface area contributed by atoms with Crippen LogP contribution in [0.5, 0.6) is 5.75 Å². The molecule has 1 aliphatic rings. The quantitative estimate of drug-likeness (QED) is 0.572. The number of hydrogen-bond donors (Lipinski definition) is 0. The first-order chi connectivity index (χ1) is 11.5. The van der Waals surface area contributed by atoms with Crippen molar-refractivity contribution in [1.29, 1.82) is 0 Å². The molecular weight excluding hydrogens is 337 g/mol. The SMILES string of the molecule is CSc1ccc(C2=C(C(F)(F)F)C(C=O)c3ccccc3O2)cc1. The van der Waals surface area contributed by atoms with Gasteiger partial charge < -0.3 is 9.53 Å². The average molecular weight is 350 g/mol. The van der Waals surface area contributed by atoms with Gasteiger partial charge in [-0.1, -0.05) is 30.3 Å². The monoisotopic (exact) mass is 350 g/mol. The first-order valence-electron chi connectivity index (χ1n) is 7.13. The molecule has 0 N–H and O–H groups in total. The van der Waals surface area contributed by atoms with E-state index in [9.17, 15) is 18.0 Å². The standard InChI is InChI=1S/C18H13F3O2S/c1-24-12-8-6-11(7-9-12)17-16(18(19,20)21)14(10-22)13-4-2-3-5-15(13)23-17/h2-10,14H,1H3. The molecule has 0 amide bonds. The lowest BCUT2D eigenvalue weighted by molar-refractivity contribution is -0.115. The molecule has 1 unspecified atom stereocenters. The van der Waals surface area contributed by atoms with E-state index < -0.39 is 17.7 Å². The van der Waals surface area contributed by atoms with Gasteiger partial charge in [-0.15, -0.1) is 11.8 Å². The Kier molecular flexibility index (Phi) is 4.41. The maximum Gasteiger partial charge on any atom is 0.417 e. The predicted octanol–water partition coefficient (Wildman–Crippen LogP) is 5.06. The van der Waals surface area contributed by atoms with Gasteiger partial charge in [0.25, 0.3) is 0 Å². The third-order valence-electron chi connectivity index (χ3n) is 3.82. The molecule has 3 rings (SSSR count). The summed E-state index contributed by atoms with van der Waals surface area (Å²) in [5.41, 5.74) is -0.445. The molecule has 0 aliphatic carbocycles. The van der Waals surface area contributed by atoms with Gasteiger partial charge in [0.05, 0.1) is 11.5 Å². The average Bonchev–Trinajstić information content (AvgIpc) is 2.59. The Labute approximate surface area is 141 Å². The van der Waals surface area contributed by atoms with Gasteiger partial charge in [-0.05, 0) is 24.5 Å². The van der Waals surface area contributed by atoms with Crippen molar-refractivity contribution in [2.75, 3.05) is 6.26 Å². The zero-order valence-electron chi connectivity index (χ0n) is 12.6. The molecule has 2 aromatic rings. The number of carbonyl (C=O) groups is 1. The maximum atomic E-state index is 13.7. The van der Waals surface area contributed by atoms with Gasteiger partial charge in [0.2, 0.25) is 0 Å². The Morgan fingerprint density at radius 2 is 1.75 bits per heavy atom. The summed E-state index contributed by atoms with van der Waals surface area (Å²) < 4.78 is 46.5. The first kappa shape index (κ1) is 16.6. The fourth-order valence-corrected chi connectivity index (χ4v) is 3.10. The van der Waals surface area contributed by atoms with Gasteiger partial charge in [-0.25, -0.2) is 0 Å². The third kappa shape index (κ3) is 2.94. The van der Waals surface area contributed by atoms with Crippen LogP contribution in [0.2, 0.25) is 0 Å². The number of allylic oxidation sites excluding steroid dienone is 1. The van der Waals surface area contributed by atoms with Crippen LogP contribution in [-0.4, -0.2) is 18.7 Å². The second kappa shape index (κ2) is 6.36. The molecule has 0 radical (unpaired) electrons. The Bertz CT molecular complexity index is 795. The van der Waals surface area contributed by atoms with Gasteiger partial charge in [-0.2, -0.15) is 13.2 Å². The van der Waals surface area contributed by atoms with Gasteiger partial charge in [0, 0.05) is 16.0 Å². The van der Waals surface area contributed by atoms with E-state index in [0.29, 0.717) is 11.8 Å². The molecule has 0 saturated carbocycles. The zero-order valence-corrected chi connectivity index (χ0v) is 13.4. The molecule has 2 nitrogen and oxygen atoms in total. The van der Waals surface area contributed by atoms with Crippen molar-refractivity contribution >= 4 is 23.8 Å². The molecule has 0 aromatic heterocycles. The molecular formula is C18H13F3O2S. The fourth-order valence-electron chi connectivity index (χ4n) is 2.70. The molecule has 124 valence electrons. The number of aldehydes is 1. The van der Waals surface area contributed by atoms with Crippen molar-refractivity contribution in [2.45, 2.75) is 17.0 Å². The normalized spacial score (nSPS) is 17.2. The number of ether oxygens (including phenoxy) is 1. The van der Waals surface area contributed by atoms with Gasteiger partial charge >= 0.3 is 6.18 Å². The molecule has 1 aliphatic heterocycles. The summed E-state index contributed by atoms with van der Waals surface area (Å²) in [6.07, 6.45) is -2.47. The Balaban J connectivity index is 2.21. The molecule has 0 fully saturated rings. The van der Waals surface area contributed by atoms with E-state index in [1.165, 1.54) is 17.8 Å². The number of carbonyl (C=O) groups excluding carboxylic acids is 1. The van der Waals surface area contributed by atoms with Crippen molar-refractivity contribution in [3.05, 3.63) is 65.2 Å². The number of halogens is 3. The summed E-state index contributed by atoms with van der Waals surface area (Å²) in [4.78, 5) is 12.4. The number of para-hydroxylation sites is 1. The number of alkyl halides is 3. The Morgan fingerprint density at radius 3 is 2.33 bits per heavy atom. The van der Waals surface area contributed by atoms with E-state index in [-0.39, 0.29) is 17.1 Å². The number of rotatable bonds is 3. The van der Waals surface area contributed by atoms with Crippen LogP contribution < -0.4 is 4.74 Å². The fraction of sp³-hybridized carbons (Fsp3) is 0.167. The summed E-state index contributed by atoms with van der Waals surface area (Å²) in [5, 5.41) is 0. The molecule has 0 saturated heterocycles. The molecule has 0 spiro atoms. The highest BCUT2D eigenvalue weighted by Gasteiger charge is 2.46. The van der Waals surface area contributed by atoms with Crippen LogP contribution in [0.1, 0.15) is 17.0 Å². The van der Waals surface area contributed by atoms with Crippen LogP contribution in [0, 0.1) is 0 Å². The van der Waals surface area contributed by atoms with Crippen molar-refractivity contribution in [3.8, 4) is 5.75 Å². The van der Waals surface area contributed by atoms with E-state index in [1.54, 1.807) is 42.5 Å². The minimum absolute atomic E-state index is 0.226. The third-order valence-corrected chi connectivity index (χ3v) is 4.56. The summed E-state index contributed by atoms with van der Waals surface area (Å²) >= 11 is 1.49. The van der Waals surface area contributed by atoms with Crippen LogP contribution >= 0.6 is 11.8 Å². The van der Waals surface area contributed by atoms with Crippen LogP contribution in [0.15, 0.2) is 59.0 Å². The van der Waals surface area contributed by atoms with E-state index in [4.69, 9.17) is 4.74 Å². The number of benzene rings is 2. The minimum Gasteiger partial charge on any atom is -0.456 e.